The topological polar surface area (TPSA) is 252 Å². The van der Waals surface area contributed by atoms with E-state index in [1.807, 2.05) is 0 Å². The van der Waals surface area contributed by atoms with E-state index in [0.29, 0.717) is 29.9 Å². The summed E-state index contributed by atoms with van der Waals surface area (Å²) >= 11 is 11.9. The number of aryl methyl sites for hydroxylation is 2. The monoisotopic (exact) mass is 1230 g/mol. The highest BCUT2D eigenvalue weighted by atomic mass is 35.5. The number of rotatable bonds is 23. The van der Waals surface area contributed by atoms with Gasteiger partial charge in [0.15, 0.2) is 22.3 Å². The van der Waals surface area contributed by atoms with E-state index in [4.69, 9.17) is 51.6 Å². The minimum absolute atomic E-state index is 0.0131. The van der Waals surface area contributed by atoms with Crippen molar-refractivity contribution in [1.29, 1.82) is 0 Å². The van der Waals surface area contributed by atoms with Gasteiger partial charge in [-0.15, -0.1) is 26.3 Å². The van der Waals surface area contributed by atoms with Crippen LogP contribution < -0.4 is 41.4 Å². The Labute approximate surface area is 476 Å². The second-order valence-corrected chi connectivity index (χ2v) is 19.7. The molecule has 4 aromatic carbocycles. The molecule has 448 valence electrons. The summed E-state index contributed by atoms with van der Waals surface area (Å²) in [4.78, 5) is 61.9. The molecule has 0 amide bonds. The molecule has 0 bridgehead atoms. The average Bonchev–Trinajstić information content (AvgIpc) is 4.21. The first kappa shape index (κ1) is 64.5. The summed E-state index contributed by atoms with van der Waals surface area (Å²) in [6.45, 7) is 2.17. The predicted molar refractivity (Wildman–Crippen MR) is 289 cm³/mol. The molecule has 0 unspecified atom stereocenters. The van der Waals surface area contributed by atoms with Crippen molar-refractivity contribution in [2.24, 2.45) is 14.1 Å². The van der Waals surface area contributed by atoms with E-state index in [9.17, 15) is 53.9 Å². The molecular weight excluding hydrogens is 1180 g/mol. The minimum Gasteiger partial charge on any atom is -0.425 e. The summed E-state index contributed by atoms with van der Waals surface area (Å²) < 4.78 is 147. The number of hydrogen-bond acceptors (Lipinski definition) is 17. The van der Waals surface area contributed by atoms with Gasteiger partial charge in [-0.05, 0) is 59.7 Å². The third kappa shape index (κ3) is 19.2. The summed E-state index contributed by atoms with van der Waals surface area (Å²) in [6.07, 6.45) is -8.76. The fraction of sp³-hybridized carbons (Fsp3) is 0.333. The highest BCUT2D eigenvalue weighted by Gasteiger charge is 2.32. The van der Waals surface area contributed by atoms with Crippen LogP contribution in [0, 0.1) is 0 Å². The van der Waals surface area contributed by atoms with Gasteiger partial charge in [-0.1, -0.05) is 59.6 Å². The van der Waals surface area contributed by atoms with Gasteiger partial charge >= 0.3 is 36.1 Å². The Morgan fingerprint density at radius 1 is 0.566 bits per heavy atom. The molecule has 83 heavy (non-hydrogen) atoms. The lowest BCUT2D eigenvalue weighted by molar-refractivity contribution is -0.275. The summed E-state index contributed by atoms with van der Waals surface area (Å²) in [6, 6.07) is 23.1. The molecular formula is C51H52Cl2F6N8O15S. The standard InChI is InChI=1S/C25H24ClF3N4O6.C20H14ClF3N4O4.C6H14O5S/c1-31-21-20(22(34)32(24(31)35)10-11-37-13-12-36-2)33(15-16-6-8-17(26)9-7-16)23(30-21)38-18-4-3-5-19(14-18)39-25(27,28)29;1-27-16-15(17(29)26-18(27)30)28(10-11-5-7-12(21)8-6-11)19(25-16)31-13-3-2-4-14(9-13)32-20(22,23)24;1-9-3-4-10-5-6-11-12(2,7)8/h3-9,14H,10-13,15H2,1-2H3;2-9H,10H2,1H3,(H,26,29,30);3-6H2,1-2H3. The molecule has 4 aromatic heterocycles. The van der Waals surface area contributed by atoms with Crippen molar-refractivity contribution in [2.75, 3.05) is 66.7 Å². The number of methoxy groups -OCH3 is 2. The van der Waals surface area contributed by atoms with Crippen molar-refractivity contribution in [1.82, 2.24) is 37.8 Å². The number of aromatic amines is 1. The van der Waals surface area contributed by atoms with Crippen LogP contribution in [0.1, 0.15) is 11.1 Å². The number of H-pyrrole nitrogens is 1. The second kappa shape index (κ2) is 29.0. The van der Waals surface area contributed by atoms with Crippen LogP contribution in [0.4, 0.5) is 26.3 Å². The van der Waals surface area contributed by atoms with Crippen LogP contribution in [-0.4, -0.2) is 126 Å². The van der Waals surface area contributed by atoms with E-state index < -0.39 is 56.8 Å². The number of fused-ring (bicyclic) bond motifs is 2. The van der Waals surface area contributed by atoms with Crippen LogP contribution in [0.5, 0.6) is 35.0 Å². The van der Waals surface area contributed by atoms with Crippen LogP contribution >= 0.6 is 23.2 Å². The van der Waals surface area contributed by atoms with Crippen molar-refractivity contribution >= 4 is 55.6 Å². The fourth-order valence-corrected chi connectivity index (χ4v) is 7.95. The zero-order chi connectivity index (χ0) is 60.6. The molecule has 0 saturated heterocycles. The number of ether oxygens (including phenoxy) is 8. The summed E-state index contributed by atoms with van der Waals surface area (Å²) in [7, 11) is 2.63. The van der Waals surface area contributed by atoms with Gasteiger partial charge < -0.3 is 37.9 Å². The van der Waals surface area contributed by atoms with Gasteiger partial charge in [0, 0.05) is 50.5 Å². The molecule has 23 nitrogen and oxygen atoms in total. The van der Waals surface area contributed by atoms with Gasteiger partial charge in [0.2, 0.25) is 0 Å². The third-order valence-corrected chi connectivity index (χ3v) is 12.1. The van der Waals surface area contributed by atoms with E-state index >= 15 is 0 Å². The largest absolute Gasteiger partial charge is 0.573 e. The Morgan fingerprint density at radius 2 is 1.00 bits per heavy atom. The van der Waals surface area contributed by atoms with Crippen LogP contribution in [0.15, 0.2) is 116 Å². The maximum atomic E-state index is 13.6. The predicted octanol–water partition coefficient (Wildman–Crippen LogP) is 7.39. The van der Waals surface area contributed by atoms with Crippen molar-refractivity contribution in [3.05, 3.63) is 160 Å². The van der Waals surface area contributed by atoms with Gasteiger partial charge in [-0.2, -0.15) is 18.4 Å². The van der Waals surface area contributed by atoms with Gasteiger partial charge in [-0.25, -0.2) is 9.59 Å². The fourth-order valence-electron chi connectivity index (χ4n) is 7.33. The molecule has 0 radical (unpaired) electrons. The number of alkyl halides is 6. The molecule has 32 heteroatoms. The van der Waals surface area contributed by atoms with Gasteiger partial charge in [-0.3, -0.25) is 41.6 Å². The zero-order valence-electron chi connectivity index (χ0n) is 44.5. The Kier molecular flexibility index (Phi) is 22.5. The zero-order valence-corrected chi connectivity index (χ0v) is 46.8. The first-order valence-corrected chi connectivity index (χ1v) is 26.7. The number of nitrogens with zero attached hydrogens (tertiary/aromatic N) is 7. The molecule has 8 aromatic rings. The molecule has 4 heterocycles. The van der Waals surface area contributed by atoms with Gasteiger partial charge in [0.1, 0.15) is 23.0 Å². The van der Waals surface area contributed by atoms with E-state index in [1.54, 1.807) is 55.6 Å². The first-order chi connectivity index (χ1) is 39.2. The lowest BCUT2D eigenvalue weighted by Gasteiger charge is -2.13. The Balaban J connectivity index is 0.000000226. The van der Waals surface area contributed by atoms with Crippen LogP contribution in [0.3, 0.4) is 0 Å². The van der Waals surface area contributed by atoms with Crippen molar-refractivity contribution in [3.8, 4) is 35.0 Å². The van der Waals surface area contributed by atoms with E-state index in [1.165, 1.54) is 59.2 Å². The van der Waals surface area contributed by atoms with Crippen LogP contribution in [0.2, 0.25) is 10.0 Å². The van der Waals surface area contributed by atoms with Crippen molar-refractivity contribution < 1.29 is 76.8 Å². The number of halogens is 8. The molecule has 8 rings (SSSR count). The quantitative estimate of drug-likeness (QED) is 0.0372. The second-order valence-electron chi connectivity index (χ2n) is 17.2. The third-order valence-electron chi connectivity index (χ3n) is 11.0. The van der Waals surface area contributed by atoms with Crippen molar-refractivity contribution in [2.45, 2.75) is 32.4 Å². The summed E-state index contributed by atoms with van der Waals surface area (Å²) in [5, 5.41) is 1.02. The number of hydrogen-bond donors (Lipinski definition) is 1. The van der Waals surface area contributed by atoms with Crippen molar-refractivity contribution in [3.63, 3.8) is 0 Å². The lowest BCUT2D eigenvalue weighted by Crippen LogP contribution is -2.40. The Morgan fingerprint density at radius 3 is 1.46 bits per heavy atom. The lowest BCUT2D eigenvalue weighted by atomic mass is 10.2. The number of imidazole rings is 2. The molecule has 0 saturated carbocycles. The Bertz CT molecular complexity index is 3830. The molecule has 1 N–H and O–H groups in total. The highest BCUT2D eigenvalue weighted by molar-refractivity contribution is 7.85. The number of aromatic nitrogens is 8. The van der Waals surface area contributed by atoms with Gasteiger partial charge in [0.25, 0.3) is 21.2 Å². The minimum atomic E-state index is -4.89. The van der Waals surface area contributed by atoms with Gasteiger partial charge in [0.05, 0.1) is 72.1 Å². The maximum Gasteiger partial charge on any atom is 0.573 e. The first-order valence-electron chi connectivity index (χ1n) is 24.2. The smallest absolute Gasteiger partial charge is 0.425 e. The number of benzene rings is 4. The summed E-state index contributed by atoms with van der Waals surface area (Å²) in [5.41, 5.74) is -0.958. The molecule has 0 atom stereocenters. The molecule has 0 aliphatic rings. The van der Waals surface area contributed by atoms with Crippen LogP contribution in [-0.2, 0) is 67.0 Å². The normalized spacial score (nSPS) is 11.7. The molecule has 0 aliphatic carbocycles. The van der Waals surface area contributed by atoms with E-state index in [0.717, 1.165) is 50.8 Å². The summed E-state index contributed by atoms with van der Waals surface area (Å²) in [5.74, 6) is -1.02. The van der Waals surface area contributed by atoms with E-state index in [-0.39, 0.29) is 91.9 Å². The van der Waals surface area contributed by atoms with Crippen LogP contribution in [0.25, 0.3) is 22.3 Å². The Hall–Kier alpha value is -7.71. The highest BCUT2D eigenvalue weighted by Crippen LogP contribution is 2.32. The average molecular weight is 1230 g/mol. The molecule has 0 fully saturated rings. The molecule has 0 aliphatic heterocycles. The SMILES string of the molecule is COCCOCCOS(C)(=O)=O.COCCOCCn1c(=O)c2c(nc(Oc3cccc(OC(F)(F)F)c3)n2Cc2ccc(Cl)cc2)n(C)c1=O.Cn1c(=O)[nH]c(=O)c2c1nc(Oc1cccc(OC(F)(F)F)c1)n2Cc1ccc(Cl)cc1. The maximum absolute atomic E-state index is 13.6. The number of nitrogens with one attached hydrogen (secondary N) is 1. The molecule has 0 spiro atoms. The van der Waals surface area contributed by atoms with E-state index in [2.05, 4.69) is 28.6 Å².